The molecule has 1 aromatic rings. The monoisotopic (exact) mass is 309 g/mol. The number of nitrogens with zero attached hydrogens (tertiary/aromatic N) is 2. The zero-order valence-corrected chi connectivity index (χ0v) is 14.9. The molecule has 0 spiro atoms. The summed E-state index contributed by atoms with van der Waals surface area (Å²) >= 11 is 1.88. The van der Waals surface area contributed by atoms with Crippen LogP contribution in [0.4, 0.5) is 5.13 Å². The molecule has 1 fully saturated rings. The van der Waals surface area contributed by atoms with Crippen molar-refractivity contribution in [3.05, 3.63) is 11.1 Å². The van der Waals surface area contributed by atoms with Gasteiger partial charge in [-0.15, -0.1) is 11.3 Å². The number of anilines is 1. The van der Waals surface area contributed by atoms with Crippen LogP contribution in [0, 0.1) is 5.92 Å². The lowest BCUT2D eigenvalue weighted by Gasteiger charge is -2.30. The van der Waals surface area contributed by atoms with Gasteiger partial charge in [-0.25, -0.2) is 4.98 Å². The van der Waals surface area contributed by atoms with Crippen molar-refractivity contribution in [2.75, 3.05) is 18.0 Å². The van der Waals surface area contributed by atoms with E-state index in [0.717, 1.165) is 13.1 Å². The van der Waals surface area contributed by atoms with Gasteiger partial charge in [0.25, 0.3) is 0 Å². The van der Waals surface area contributed by atoms with Gasteiger partial charge in [0.15, 0.2) is 5.13 Å². The van der Waals surface area contributed by atoms with Crippen molar-refractivity contribution < 1.29 is 0 Å². The van der Waals surface area contributed by atoms with E-state index in [1.165, 1.54) is 42.1 Å². The highest BCUT2D eigenvalue weighted by molar-refractivity contribution is 7.15. The lowest BCUT2D eigenvalue weighted by atomic mass is 10.1. The summed E-state index contributed by atoms with van der Waals surface area (Å²) in [7, 11) is 0. The number of thiazole rings is 1. The molecule has 0 bridgehead atoms. The Balaban J connectivity index is 2.07. The molecular formula is C17H31N3S. The molecule has 1 saturated carbocycles. The third kappa shape index (κ3) is 4.68. The van der Waals surface area contributed by atoms with Crippen LogP contribution in [0.15, 0.2) is 6.20 Å². The molecule has 2 rings (SSSR count). The smallest absolute Gasteiger partial charge is 0.185 e. The van der Waals surface area contributed by atoms with E-state index in [-0.39, 0.29) is 0 Å². The number of aromatic nitrogens is 1. The number of hydrogen-bond donors (Lipinski definition) is 1. The topological polar surface area (TPSA) is 28.2 Å². The van der Waals surface area contributed by atoms with Crippen molar-refractivity contribution in [3.8, 4) is 0 Å². The fraction of sp³-hybridized carbons (Fsp3) is 0.824. The van der Waals surface area contributed by atoms with E-state index in [0.29, 0.717) is 18.0 Å². The zero-order chi connectivity index (χ0) is 15.2. The molecule has 1 unspecified atom stereocenters. The number of hydrogen-bond acceptors (Lipinski definition) is 4. The average molecular weight is 310 g/mol. The molecule has 21 heavy (non-hydrogen) atoms. The quantitative estimate of drug-likeness (QED) is 0.760. The second kappa shape index (κ2) is 8.14. The van der Waals surface area contributed by atoms with Crippen LogP contribution in [-0.2, 0) is 0 Å². The van der Waals surface area contributed by atoms with Crippen molar-refractivity contribution in [1.29, 1.82) is 0 Å². The number of nitrogens with one attached hydrogen (secondary N) is 1. The second-order valence-electron chi connectivity index (χ2n) is 6.71. The highest BCUT2D eigenvalue weighted by Crippen LogP contribution is 2.33. The molecule has 0 aromatic carbocycles. The Morgan fingerprint density at radius 2 is 2.05 bits per heavy atom. The Kier molecular flexibility index (Phi) is 6.49. The van der Waals surface area contributed by atoms with E-state index in [9.17, 15) is 0 Å². The van der Waals surface area contributed by atoms with Gasteiger partial charge in [-0.2, -0.15) is 0 Å². The molecule has 1 aliphatic rings. The van der Waals surface area contributed by atoms with Crippen LogP contribution in [0.2, 0.25) is 0 Å². The number of rotatable bonds is 8. The molecule has 1 atom stereocenters. The fourth-order valence-electron chi connectivity index (χ4n) is 3.06. The Hall–Kier alpha value is -0.610. The Labute approximate surface area is 134 Å². The van der Waals surface area contributed by atoms with E-state index in [2.05, 4.69) is 44.1 Å². The van der Waals surface area contributed by atoms with Crippen LogP contribution in [0.25, 0.3) is 0 Å². The first kappa shape index (κ1) is 16.8. The van der Waals surface area contributed by atoms with Crippen LogP contribution in [0.5, 0.6) is 0 Å². The van der Waals surface area contributed by atoms with Crippen molar-refractivity contribution in [2.24, 2.45) is 5.92 Å². The Morgan fingerprint density at radius 3 is 2.67 bits per heavy atom. The van der Waals surface area contributed by atoms with Crippen molar-refractivity contribution in [2.45, 2.75) is 71.9 Å². The maximum atomic E-state index is 4.75. The maximum Gasteiger partial charge on any atom is 0.185 e. The van der Waals surface area contributed by atoms with E-state index in [1.54, 1.807) is 0 Å². The van der Waals surface area contributed by atoms with Gasteiger partial charge in [0.05, 0.1) is 0 Å². The highest BCUT2D eigenvalue weighted by atomic mass is 32.1. The van der Waals surface area contributed by atoms with Crippen molar-refractivity contribution in [1.82, 2.24) is 10.3 Å². The molecule has 4 heteroatoms. The molecule has 0 aliphatic heterocycles. The van der Waals surface area contributed by atoms with Crippen LogP contribution >= 0.6 is 11.3 Å². The van der Waals surface area contributed by atoms with E-state index in [4.69, 9.17) is 4.98 Å². The summed E-state index contributed by atoms with van der Waals surface area (Å²) in [5.41, 5.74) is 0. The largest absolute Gasteiger partial charge is 0.345 e. The first-order chi connectivity index (χ1) is 10.1. The van der Waals surface area contributed by atoms with Crippen LogP contribution in [0.3, 0.4) is 0 Å². The standard InChI is InChI=1S/C17H31N3S/c1-5-10-18-14(4)16-11-19-17(21-16)20(12-13(2)3)15-8-6-7-9-15/h11,13-15,18H,5-10,12H2,1-4H3. The third-order valence-corrected chi connectivity index (χ3v) is 5.43. The summed E-state index contributed by atoms with van der Waals surface area (Å²) in [4.78, 5) is 8.70. The van der Waals surface area contributed by atoms with Gasteiger partial charge < -0.3 is 10.2 Å². The lowest BCUT2D eigenvalue weighted by molar-refractivity contribution is 0.535. The molecule has 1 heterocycles. The highest BCUT2D eigenvalue weighted by Gasteiger charge is 2.25. The first-order valence-electron chi connectivity index (χ1n) is 8.57. The summed E-state index contributed by atoms with van der Waals surface area (Å²) in [5.74, 6) is 0.689. The molecule has 0 radical (unpaired) electrons. The molecule has 120 valence electrons. The minimum absolute atomic E-state index is 0.417. The Morgan fingerprint density at radius 1 is 1.33 bits per heavy atom. The minimum atomic E-state index is 0.417. The molecule has 0 amide bonds. The normalized spacial score (nSPS) is 17.6. The van der Waals surface area contributed by atoms with Crippen molar-refractivity contribution in [3.63, 3.8) is 0 Å². The molecule has 3 nitrogen and oxygen atoms in total. The molecule has 1 aromatic heterocycles. The Bertz CT molecular complexity index is 410. The van der Waals surface area contributed by atoms with Gasteiger partial charge in [0, 0.05) is 29.7 Å². The van der Waals surface area contributed by atoms with E-state index >= 15 is 0 Å². The first-order valence-corrected chi connectivity index (χ1v) is 9.39. The summed E-state index contributed by atoms with van der Waals surface area (Å²) in [6.45, 7) is 11.3. The average Bonchev–Trinajstić information content (AvgIpc) is 3.12. The summed E-state index contributed by atoms with van der Waals surface area (Å²) in [5, 5.41) is 4.80. The van der Waals surface area contributed by atoms with E-state index in [1.807, 2.05) is 11.3 Å². The van der Waals surface area contributed by atoms with Gasteiger partial charge >= 0.3 is 0 Å². The maximum absolute atomic E-state index is 4.75. The fourth-order valence-corrected chi connectivity index (χ4v) is 4.09. The van der Waals surface area contributed by atoms with Crippen LogP contribution < -0.4 is 10.2 Å². The van der Waals surface area contributed by atoms with Gasteiger partial charge in [-0.05, 0) is 38.6 Å². The predicted octanol–water partition coefficient (Wildman–Crippen LogP) is 4.61. The van der Waals surface area contributed by atoms with Gasteiger partial charge in [0.1, 0.15) is 0 Å². The second-order valence-corrected chi connectivity index (χ2v) is 7.75. The van der Waals surface area contributed by atoms with Gasteiger partial charge in [-0.3, -0.25) is 0 Å². The molecule has 1 aliphatic carbocycles. The zero-order valence-electron chi connectivity index (χ0n) is 14.1. The minimum Gasteiger partial charge on any atom is -0.345 e. The SMILES string of the molecule is CCCNC(C)c1cnc(N(CC(C)C)C2CCCC2)s1. The van der Waals surface area contributed by atoms with Crippen molar-refractivity contribution >= 4 is 16.5 Å². The summed E-state index contributed by atoms with van der Waals surface area (Å²) < 4.78 is 0. The van der Waals surface area contributed by atoms with Crippen LogP contribution in [-0.4, -0.2) is 24.1 Å². The molecule has 0 saturated heterocycles. The van der Waals surface area contributed by atoms with Gasteiger partial charge in [0.2, 0.25) is 0 Å². The molecule has 1 N–H and O–H groups in total. The van der Waals surface area contributed by atoms with Gasteiger partial charge in [-0.1, -0.05) is 33.6 Å². The van der Waals surface area contributed by atoms with E-state index < -0.39 is 0 Å². The molecular weight excluding hydrogens is 278 g/mol. The third-order valence-electron chi connectivity index (χ3n) is 4.21. The lowest BCUT2D eigenvalue weighted by Crippen LogP contribution is -2.36. The summed E-state index contributed by atoms with van der Waals surface area (Å²) in [6.07, 6.45) is 8.70. The summed E-state index contributed by atoms with van der Waals surface area (Å²) in [6, 6.07) is 1.13. The predicted molar refractivity (Wildman–Crippen MR) is 93.3 cm³/mol. The van der Waals surface area contributed by atoms with Crippen LogP contribution in [0.1, 0.15) is 70.7 Å².